The van der Waals surface area contributed by atoms with Gasteiger partial charge in [-0.1, -0.05) is 71.1 Å². The van der Waals surface area contributed by atoms with Crippen LogP contribution in [-0.2, 0) is 9.09 Å². The predicted octanol–water partition coefficient (Wildman–Crippen LogP) is 3.22. The molecule has 0 fully saturated rings. The van der Waals surface area contributed by atoms with E-state index in [0.29, 0.717) is 0 Å². The van der Waals surface area contributed by atoms with Gasteiger partial charge in [-0.2, -0.15) is 0 Å². The first kappa shape index (κ1) is 21.9. The fraction of sp³-hybridized carbons (Fsp3) is 1.00. The van der Waals surface area contributed by atoms with Crippen molar-refractivity contribution >= 4 is 25.2 Å². The van der Waals surface area contributed by atoms with Crippen LogP contribution >= 0.6 is 7.82 Å². The summed E-state index contributed by atoms with van der Waals surface area (Å²) in [6, 6.07) is 0. The van der Waals surface area contributed by atoms with Crippen LogP contribution < -0.4 is 0 Å². The quantitative estimate of drug-likeness (QED) is 0.311. The molecule has 116 valence electrons. The molecule has 0 spiro atoms. The number of unbranched alkanes of at least 4 members (excludes halogenated alkanes) is 10. The summed E-state index contributed by atoms with van der Waals surface area (Å²) in [5, 5.41) is 0. The van der Waals surface area contributed by atoms with Gasteiger partial charge in [0.1, 0.15) is 0 Å². The molecule has 0 radical (unpaired) electrons. The molecule has 0 aromatic carbocycles. The minimum Gasteiger partial charge on any atom is -0.303 e. The standard InChI is InChI=1S/C13H29O4P.Al.3H/c1-2-3-4-5-6-7-8-9-10-11-12-13-17-18(14,15)16;;;;/h2-13H2,1H3,(H2,14,15,16);;;;. The molecule has 0 saturated heterocycles. The zero-order chi connectivity index (χ0) is 13.7. The Hall–Kier alpha value is 0.642. The Morgan fingerprint density at radius 2 is 1.16 bits per heavy atom. The molecule has 0 rings (SSSR count). The van der Waals surface area contributed by atoms with Gasteiger partial charge in [0.2, 0.25) is 0 Å². The molecule has 0 atom stereocenters. The molecular weight excluding hydrogens is 278 g/mol. The zero-order valence-corrected chi connectivity index (χ0v) is 12.5. The second-order valence-corrected chi connectivity index (χ2v) is 6.10. The Morgan fingerprint density at radius 1 is 0.789 bits per heavy atom. The van der Waals surface area contributed by atoms with Crippen LogP contribution in [0.15, 0.2) is 0 Å². The van der Waals surface area contributed by atoms with E-state index in [0.717, 1.165) is 19.3 Å². The van der Waals surface area contributed by atoms with Crippen LogP contribution in [0.4, 0.5) is 0 Å². The van der Waals surface area contributed by atoms with Crippen LogP contribution in [0.25, 0.3) is 0 Å². The topological polar surface area (TPSA) is 66.8 Å². The third-order valence-electron chi connectivity index (χ3n) is 3.01. The highest BCUT2D eigenvalue weighted by atomic mass is 31.2. The van der Waals surface area contributed by atoms with Crippen LogP contribution in [0, 0.1) is 0 Å². The minimum atomic E-state index is -4.25. The van der Waals surface area contributed by atoms with Crippen LogP contribution in [0.1, 0.15) is 77.6 Å². The summed E-state index contributed by atoms with van der Waals surface area (Å²) in [6.45, 7) is 2.40. The van der Waals surface area contributed by atoms with Crippen LogP contribution in [0.3, 0.4) is 0 Å². The molecule has 0 heterocycles. The molecule has 0 unspecified atom stereocenters. The lowest BCUT2D eigenvalue weighted by atomic mass is 10.1. The summed E-state index contributed by atoms with van der Waals surface area (Å²) < 4.78 is 14.8. The molecule has 0 aliphatic carbocycles. The summed E-state index contributed by atoms with van der Waals surface area (Å²) in [5.74, 6) is 0. The first-order valence-electron chi connectivity index (χ1n) is 7.26. The van der Waals surface area contributed by atoms with Crippen molar-refractivity contribution in [2.75, 3.05) is 6.61 Å². The molecule has 19 heavy (non-hydrogen) atoms. The Kier molecular flexibility index (Phi) is 17.4. The normalized spacial score (nSPS) is 11.3. The average molecular weight is 310 g/mol. The van der Waals surface area contributed by atoms with E-state index in [1.54, 1.807) is 0 Å². The lowest BCUT2D eigenvalue weighted by Crippen LogP contribution is -1.92. The monoisotopic (exact) mass is 310 g/mol. The maximum atomic E-state index is 10.4. The van der Waals surface area contributed by atoms with Gasteiger partial charge in [0, 0.05) is 0 Å². The summed E-state index contributed by atoms with van der Waals surface area (Å²) in [7, 11) is -4.25. The van der Waals surface area contributed by atoms with Crippen molar-refractivity contribution in [3.63, 3.8) is 0 Å². The summed E-state index contributed by atoms with van der Waals surface area (Å²) >= 11 is 0. The van der Waals surface area contributed by atoms with Crippen molar-refractivity contribution in [3.05, 3.63) is 0 Å². The average Bonchev–Trinajstić information content (AvgIpc) is 2.29. The smallest absolute Gasteiger partial charge is 0.303 e. The van der Waals surface area contributed by atoms with E-state index in [1.807, 2.05) is 0 Å². The van der Waals surface area contributed by atoms with Crippen molar-refractivity contribution in [2.24, 2.45) is 0 Å². The maximum absolute atomic E-state index is 10.4. The lowest BCUT2D eigenvalue weighted by Gasteiger charge is -2.05. The van der Waals surface area contributed by atoms with Gasteiger partial charge in [-0.05, 0) is 6.42 Å². The number of hydrogen-bond acceptors (Lipinski definition) is 2. The fourth-order valence-electron chi connectivity index (χ4n) is 1.95. The molecular formula is C13H32AlO4P. The van der Waals surface area contributed by atoms with Crippen molar-refractivity contribution in [1.29, 1.82) is 0 Å². The third kappa shape index (κ3) is 21.1. The van der Waals surface area contributed by atoms with Crippen LogP contribution in [0.5, 0.6) is 0 Å². The summed E-state index contributed by atoms with van der Waals surface area (Å²) in [5.41, 5.74) is 0. The van der Waals surface area contributed by atoms with Gasteiger partial charge in [0.25, 0.3) is 0 Å². The molecule has 0 saturated carbocycles. The van der Waals surface area contributed by atoms with Gasteiger partial charge in [0.05, 0.1) is 6.61 Å². The molecule has 2 N–H and O–H groups in total. The van der Waals surface area contributed by atoms with Crippen LogP contribution in [0.2, 0.25) is 0 Å². The van der Waals surface area contributed by atoms with E-state index in [1.165, 1.54) is 51.4 Å². The first-order chi connectivity index (χ1) is 8.56. The molecule has 0 bridgehead atoms. The molecule has 4 nitrogen and oxygen atoms in total. The van der Waals surface area contributed by atoms with E-state index in [2.05, 4.69) is 11.4 Å². The van der Waals surface area contributed by atoms with Crippen molar-refractivity contribution in [3.8, 4) is 0 Å². The van der Waals surface area contributed by atoms with Gasteiger partial charge >= 0.3 is 7.82 Å². The lowest BCUT2D eigenvalue weighted by molar-refractivity contribution is 0.193. The Bertz CT molecular complexity index is 221. The molecule has 0 aliphatic heterocycles. The number of hydrogen-bond donors (Lipinski definition) is 2. The third-order valence-corrected chi connectivity index (χ3v) is 3.53. The van der Waals surface area contributed by atoms with E-state index in [-0.39, 0.29) is 24.0 Å². The Balaban J connectivity index is 0. The van der Waals surface area contributed by atoms with E-state index in [4.69, 9.17) is 9.79 Å². The highest BCUT2D eigenvalue weighted by Crippen LogP contribution is 2.35. The number of phosphoric ester groups is 1. The van der Waals surface area contributed by atoms with Crippen molar-refractivity contribution in [1.82, 2.24) is 0 Å². The molecule has 0 aromatic heterocycles. The number of rotatable bonds is 13. The van der Waals surface area contributed by atoms with Gasteiger partial charge in [-0.15, -0.1) is 0 Å². The SMILES string of the molecule is CCCCCCCCCCCCCOP(=O)(O)O.[AlH3]. The van der Waals surface area contributed by atoms with Gasteiger partial charge in [-0.3, -0.25) is 4.52 Å². The highest BCUT2D eigenvalue weighted by Gasteiger charge is 2.12. The van der Waals surface area contributed by atoms with Crippen LogP contribution in [-0.4, -0.2) is 33.8 Å². The largest absolute Gasteiger partial charge is 0.469 e. The minimum absolute atomic E-state index is 0. The second kappa shape index (κ2) is 15.0. The molecule has 0 aromatic rings. The maximum Gasteiger partial charge on any atom is 0.469 e. The second-order valence-electron chi connectivity index (χ2n) is 4.86. The summed E-state index contributed by atoms with van der Waals surface area (Å²) in [4.78, 5) is 16.9. The Labute approximate surface area is 128 Å². The predicted molar refractivity (Wildman–Crippen MR) is 84.4 cm³/mol. The molecule has 0 aliphatic rings. The van der Waals surface area contributed by atoms with E-state index in [9.17, 15) is 4.57 Å². The molecule has 0 amide bonds. The number of phosphoric acid groups is 1. The van der Waals surface area contributed by atoms with Gasteiger partial charge in [-0.25, -0.2) is 4.57 Å². The highest BCUT2D eigenvalue weighted by molar-refractivity contribution is 7.46. The fourth-order valence-corrected chi connectivity index (χ4v) is 2.32. The van der Waals surface area contributed by atoms with Crippen molar-refractivity contribution < 1.29 is 18.9 Å². The van der Waals surface area contributed by atoms with Crippen molar-refractivity contribution in [2.45, 2.75) is 77.6 Å². The summed E-state index contributed by atoms with van der Waals surface area (Å²) in [6.07, 6.45) is 13.5. The Morgan fingerprint density at radius 3 is 1.53 bits per heavy atom. The van der Waals surface area contributed by atoms with E-state index < -0.39 is 7.82 Å². The van der Waals surface area contributed by atoms with E-state index >= 15 is 0 Å². The zero-order valence-electron chi connectivity index (χ0n) is 11.6. The molecule has 6 heteroatoms. The van der Waals surface area contributed by atoms with Gasteiger partial charge in [0.15, 0.2) is 17.4 Å². The first-order valence-corrected chi connectivity index (χ1v) is 8.79. The van der Waals surface area contributed by atoms with Gasteiger partial charge < -0.3 is 9.79 Å².